The van der Waals surface area contributed by atoms with E-state index in [1.165, 1.54) is 17.5 Å². The highest BCUT2D eigenvalue weighted by Crippen LogP contribution is 2.43. The van der Waals surface area contributed by atoms with Crippen LogP contribution in [0.4, 0.5) is 0 Å². The van der Waals surface area contributed by atoms with Crippen molar-refractivity contribution in [3.63, 3.8) is 0 Å². The Hall–Kier alpha value is -0.910. The number of amides is 1. The predicted molar refractivity (Wildman–Crippen MR) is 105 cm³/mol. The van der Waals surface area contributed by atoms with Crippen molar-refractivity contribution in [2.45, 2.75) is 43.9 Å². The van der Waals surface area contributed by atoms with Crippen LogP contribution in [0.1, 0.15) is 31.2 Å². The number of aliphatic hydroxyl groups excluding tert-OH is 1. The molecule has 0 aromatic carbocycles. The number of aliphatic hydroxyl groups is 1. The number of H-pyrrole nitrogens is 1. The molecule has 4 N–H and O–H groups in total. The summed E-state index contributed by atoms with van der Waals surface area (Å²) >= 11 is 0. The van der Waals surface area contributed by atoms with Crippen LogP contribution in [0.3, 0.4) is 0 Å². The first-order valence-electron chi connectivity index (χ1n) is 8.40. The molecule has 1 aromatic heterocycles. The minimum Gasteiger partial charge on any atom is -0.391 e. The number of hydrogen-bond donors (Lipinski definition) is 3. The number of nitrogens with zero attached hydrogens (tertiary/aromatic N) is 3. The van der Waals surface area contributed by atoms with Gasteiger partial charge in [0.2, 0.25) is 15.9 Å². The average Bonchev–Trinajstić information content (AvgIpc) is 3.03. The van der Waals surface area contributed by atoms with Gasteiger partial charge in [0, 0.05) is 31.7 Å². The molecular formula is C15H27Cl2N5O4S. The Bertz CT molecular complexity index is 762. The molecule has 0 bridgehead atoms. The number of fused-ring (bicyclic) bond motifs is 2. The number of hydrogen-bond acceptors (Lipinski definition) is 6. The van der Waals surface area contributed by atoms with Crippen LogP contribution in [-0.2, 0) is 26.8 Å². The summed E-state index contributed by atoms with van der Waals surface area (Å²) in [5, 5.41) is 9.54. The van der Waals surface area contributed by atoms with Crippen LogP contribution in [0.15, 0.2) is 6.33 Å². The van der Waals surface area contributed by atoms with Gasteiger partial charge in [-0.05, 0) is 19.8 Å². The van der Waals surface area contributed by atoms with Gasteiger partial charge in [0.25, 0.3) is 0 Å². The smallest absolute Gasteiger partial charge is 0.242 e. The molecule has 1 amide bonds. The van der Waals surface area contributed by atoms with E-state index in [2.05, 4.69) is 9.97 Å². The first-order valence-corrected chi connectivity index (χ1v) is 10.2. The SMILES string of the molecule is C[C@@H](O)[C@H](N)C(=O)N1CCC2(CC1)c1nc[nH]c1CCN2S(C)(=O)=O.Cl.Cl. The molecule has 2 aliphatic rings. The average molecular weight is 444 g/mol. The van der Waals surface area contributed by atoms with E-state index in [9.17, 15) is 18.3 Å². The summed E-state index contributed by atoms with van der Waals surface area (Å²) in [6.45, 7) is 2.63. The highest BCUT2D eigenvalue weighted by atomic mass is 35.5. The Morgan fingerprint density at radius 3 is 2.44 bits per heavy atom. The molecule has 0 saturated carbocycles. The van der Waals surface area contributed by atoms with Crippen LogP contribution in [0, 0.1) is 0 Å². The maximum atomic E-state index is 12.4. The summed E-state index contributed by atoms with van der Waals surface area (Å²) in [4.78, 5) is 21.5. The molecule has 1 fully saturated rings. The van der Waals surface area contributed by atoms with Gasteiger partial charge in [-0.3, -0.25) is 4.79 Å². The van der Waals surface area contributed by atoms with Gasteiger partial charge >= 0.3 is 0 Å². The second kappa shape index (κ2) is 8.62. The lowest BCUT2D eigenvalue weighted by Gasteiger charge is -2.49. The lowest BCUT2D eigenvalue weighted by molar-refractivity contribution is -0.137. The third-order valence-electron chi connectivity index (χ3n) is 5.31. The van der Waals surface area contributed by atoms with Crippen LogP contribution in [-0.4, -0.2) is 76.6 Å². The zero-order valence-electron chi connectivity index (χ0n) is 15.3. The van der Waals surface area contributed by atoms with E-state index in [0.29, 0.717) is 38.9 Å². The number of aromatic nitrogens is 2. The second-order valence-corrected chi connectivity index (χ2v) is 8.84. The quantitative estimate of drug-likeness (QED) is 0.581. The molecule has 12 heteroatoms. The Morgan fingerprint density at radius 2 is 1.93 bits per heavy atom. The van der Waals surface area contributed by atoms with Crippen LogP contribution in [0.25, 0.3) is 0 Å². The first kappa shape index (κ1) is 24.1. The van der Waals surface area contributed by atoms with Crippen molar-refractivity contribution in [1.82, 2.24) is 19.2 Å². The maximum Gasteiger partial charge on any atom is 0.242 e. The minimum atomic E-state index is -3.41. The Labute approximate surface area is 171 Å². The summed E-state index contributed by atoms with van der Waals surface area (Å²) in [5.74, 6) is -0.311. The Morgan fingerprint density at radius 1 is 1.33 bits per heavy atom. The van der Waals surface area contributed by atoms with Crippen LogP contribution < -0.4 is 5.73 Å². The van der Waals surface area contributed by atoms with Crippen molar-refractivity contribution >= 4 is 40.7 Å². The van der Waals surface area contributed by atoms with Crippen LogP contribution >= 0.6 is 24.8 Å². The number of carbonyl (C=O) groups is 1. The number of nitrogens with two attached hydrogens (primary N) is 1. The fraction of sp³-hybridized carbons (Fsp3) is 0.733. The van der Waals surface area contributed by atoms with Crippen molar-refractivity contribution in [2.75, 3.05) is 25.9 Å². The van der Waals surface area contributed by atoms with E-state index >= 15 is 0 Å². The van der Waals surface area contributed by atoms with E-state index in [0.717, 1.165) is 11.4 Å². The topological polar surface area (TPSA) is 133 Å². The van der Waals surface area contributed by atoms with E-state index in [1.807, 2.05) is 0 Å². The number of imidazole rings is 1. The van der Waals surface area contributed by atoms with Gasteiger partial charge in [0.1, 0.15) is 6.04 Å². The van der Waals surface area contributed by atoms with Gasteiger partial charge in [-0.1, -0.05) is 0 Å². The minimum absolute atomic E-state index is 0. The van der Waals surface area contributed by atoms with E-state index in [-0.39, 0.29) is 30.7 Å². The summed E-state index contributed by atoms with van der Waals surface area (Å²) in [7, 11) is -3.41. The number of likely N-dealkylation sites (tertiary alicyclic amines) is 1. The first-order chi connectivity index (χ1) is 11.7. The van der Waals surface area contributed by atoms with E-state index in [4.69, 9.17) is 5.73 Å². The van der Waals surface area contributed by atoms with Crippen LogP contribution in [0.2, 0.25) is 0 Å². The number of piperidine rings is 1. The lowest BCUT2D eigenvalue weighted by atomic mass is 9.80. The molecule has 1 saturated heterocycles. The number of sulfonamides is 1. The fourth-order valence-corrected chi connectivity index (χ4v) is 5.27. The highest BCUT2D eigenvalue weighted by Gasteiger charge is 2.50. The number of aromatic amines is 1. The zero-order chi connectivity index (χ0) is 18.4. The normalized spacial score (nSPS) is 21.6. The molecule has 1 aromatic rings. The molecule has 2 aliphatic heterocycles. The predicted octanol–water partition coefficient (Wildman–Crippen LogP) is -0.403. The van der Waals surface area contributed by atoms with Crippen LogP contribution in [0.5, 0.6) is 0 Å². The van der Waals surface area contributed by atoms with Crippen molar-refractivity contribution in [1.29, 1.82) is 0 Å². The third kappa shape index (κ3) is 4.25. The van der Waals surface area contributed by atoms with Gasteiger partial charge in [-0.2, -0.15) is 4.31 Å². The summed E-state index contributed by atoms with van der Waals surface area (Å²) in [6, 6.07) is -0.965. The number of rotatable bonds is 3. The summed E-state index contributed by atoms with van der Waals surface area (Å²) in [6.07, 6.45) is 3.39. The van der Waals surface area contributed by atoms with Gasteiger partial charge in [0.15, 0.2) is 0 Å². The standard InChI is InChI=1S/C15H25N5O4S.2ClH/c1-10(21)12(16)14(22)19-7-4-15(5-8-19)13-11(17-9-18-13)3-6-20(15)25(2,23)24;;/h9-10,12,21H,3-8,16H2,1-2H3,(H,17,18);2*1H/t10-,12+;;/m1../s1. The molecule has 156 valence electrons. The molecule has 9 nitrogen and oxygen atoms in total. The molecule has 3 rings (SSSR count). The van der Waals surface area contributed by atoms with Crippen molar-refractivity contribution < 1.29 is 18.3 Å². The van der Waals surface area contributed by atoms with E-state index < -0.39 is 27.7 Å². The third-order valence-corrected chi connectivity index (χ3v) is 6.64. The number of nitrogens with one attached hydrogen (secondary N) is 1. The lowest BCUT2D eigenvalue weighted by Crippen LogP contribution is -2.60. The zero-order valence-corrected chi connectivity index (χ0v) is 17.7. The molecule has 2 atom stereocenters. The highest BCUT2D eigenvalue weighted by molar-refractivity contribution is 7.88. The maximum absolute atomic E-state index is 12.4. The monoisotopic (exact) mass is 443 g/mol. The molecule has 0 aliphatic carbocycles. The molecule has 3 heterocycles. The fourth-order valence-electron chi connectivity index (χ4n) is 3.94. The Kier molecular flexibility index (Phi) is 7.71. The van der Waals surface area contributed by atoms with Crippen molar-refractivity contribution in [2.24, 2.45) is 5.73 Å². The molecule has 0 unspecified atom stereocenters. The molecule has 0 radical (unpaired) electrons. The molecular weight excluding hydrogens is 417 g/mol. The largest absolute Gasteiger partial charge is 0.391 e. The summed E-state index contributed by atoms with van der Waals surface area (Å²) < 4.78 is 26.2. The number of halogens is 2. The Balaban J connectivity index is 0.00000182. The van der Waals surface area contributed by atoms with E-state index in [1.54, 1.807) is 11.2 Å². The van der Waals surface area contributed by atoms with Gasteiger partial charge < -0.3 is 20.7 Å². The van der Waals surface area contributed by atoms with Crippen molar-refractivity contribution in [3.8, 4) is 0 Å². The molecule has 1 spiro atoms. The van der Waals surface area contributed by atoms with Gasteiger partial charge in [-0.15, -0.1) is 24.8 Å². The van der Waals surface area contributed by atoms with Gasteiger partial charge in [0.05, 0.1) is 29.9 Å². The van der Waals surface area contributed by atoms with Gasteiger partial charge in [-0.25, -0.2) is 13.4 Å². The molecule has 27 heavy (non-hydrogen) atoms. The number of carbonyl (C=O) groups excluding carboxylic acids is 1. The second-order valence-electron chi connectivity index (χ2n) is 6.94. The van der Waals surface area contributed by atoms with Crippen molar-refractivity contribution in [3.05, 3.63) is 17.7 Å². The summed E-state index contributed by atoms with van der Waals surface area (Å²) in [5.41, 5.74) is 6.74.